The van der Waals surface area contributed by atoms with Crippen LogP contribution in [0.25, 0.3) is 27.0 Å². The fourth-order valence-electron chi connectivity index (χ4n) is 3.37. The van der Waals surface area contributed by atoms with Gasteiger partial charge in [0.1, 0.15) is 4.83 Å². The van der Waals surface area contributed by atoms with E-state index in [1.165, 1.54) is 23.1 Å². The van der Waals surface area contributed by atoms with E-state index in [-0.39, 0.29) is 17.2 Å². The second-order valence-electron chi connectivity index (χ2n) is 7.16. The average molecular weight is 450 g/mol. The second-order valence-corrected chi connectivity index (χ2v) is 8.96. The van der Waals surface area contributed by atoms with E-state index in [4.69, 9.17) is 4.98 Å². The molecule has 2 heterocycles. The molecule has 0 radical (unpaired) electrons. The zero-order valence-corrected chi connectivity index (χ0v) is 19.1. The maximum absolute atomic E-state index is 13.8. The van der Waals surface area contributed by atoms with Crippen molar-refractivity contribution in [2.75, 3.05) is 12.3 Å². The summed E-state index contributed by atoms with van der Waals surface area (Å²) in [4.78, 5) is 31.5. The highest BCUT2D eigenvalue weighted by Gasteiger charge is 2.20. The molecule has 2 aromatic heterocycles. The number of amides is 1. The van der Waals surface area contributed by atoms with Gasteiger partial charge in [-0.05, 0) is 30.5 Å². The van der Waals surface area contributed by atoms with Crippen LogP contribution in [0.2, 0.25) is 0 Å². The summed E-state index contributed by atoms with van der Waals surface area (Å²) in [5.41, 5.74) is 3.51. The summed E-state index contributed by atoms with van der Waals surface area (Å²) in [5.74, 6) is 0.148. The van der Waals surface area contributed by atoms with Gasteiger partial charge >= 0.3 is 0 Å². The molecule has 0 aliphatic heterocycles. The van der Waals surface area contributed by atoms with Crippen molar-refractivity contribution in [3.63, 3.8) is 0 Å². The van der Waals surface area contributed by atoms with Crippen LogP contribution in [-0.4, -0.2) is 27.8 Å². The highest BCUT2D eigenvalue weighted by molar-refractivity contribution is 7.99. The monoisotopic (exact) mass is 449 g/mol. The number of hydrogen-bond donors (Lipinski definition) is 1. The molecule has 0 atom stereocenters. The molecule has 158 valence electrons. The van der Waals surface area contributed by atoms with Gasteiger partial charge in [-0.15, -0.1) is 11.3 Å². The molecule has 4 aromatic rings. The van der Waals surface area contributed by atoms with Crippen molar-refractivity contribution in [2.45, 2.75) is 25.4 Å². The Kier molecular flexibility index (Phi) is 6.53. The first-order valence-corrected chi connectivity index (χ1v) is 12.0. The predicted molar refractivity (Wildman–Crippen MR) is 129 cm³/mol. The number of thioether (sulfide) groups is 1. The predicted octanol–water partition coefficient (Wildman–Crippen LogP) is 5.04. The van der Waals surface area contributed by atoms with Gasteiger partial charge < -0.3 is 5.32 Å². The zero-order chi connectivity index (χ0) is 21.8. The molecule has 4 rings (SSSR count). The van der Waals surface area contributed by atoms with Crippen molar-refractivity contribution in [3.05, 3.63) is 75.9 Å². The van der Waals surface area contributed by atoms with Crippen LogP contribution < -0.4 is 10.9 Å². The molecule has 31 heavy (non-hydrogen) atoms. The summed E-state index contributed by atoms with van der Waals surface area (Å²) in [6, 6.07) is 17.6. The Morgan fingerprint density at radius 2 is 1.87 bits per heavy atom. The van der Waals surface area contributed by atoms with Gasteiger partial charge in [-0.1, -0.05) is 67.2 Å². The molecule has 5 nitrogen and oxygen atoms in total. The molecule has 0 unspecified atom stereocenters. The number of fused-ring (bicyclic) bond motifs is 1. The molecule has 1 N–H and O–H groups in total. The Hall–Kier alpha value is -2.90. The lowest BCUT2D eigenvalue weighted by molar-refractivity contribution is -0.118. The van der Waals surface area contributed by atoms with E-state index in [9.17, 15) is 9.59 Å². The van der Waals surface area contributed by atoms with Crippen molar-refractivity contribution in [3.8, 4) is 16.8 Å². The number of nitrogens with one attached hydrogen (secondary N) is 1. The van der Waals surface area contributed by atoms with E-state index in [1.807, 2.05) is 73.8 Å². The highest BCUT2D eigenvalue weighted by atomic mass is 32.2. The van der Waals surface area contributed by atoms with Crippen LogP contribution >= 0.6 is 23.1 Å². The minimum absolute atomic E-state index is 0.0614. The molecule has 0 saturated carbocycles. The zero-order valence-electron chi connectivity index (χ0n) is 17.4. The van der Waals surface area contributed by atoms with Gasteiger partial charge in [0.2, 0.25) is 5.91 Å². The van der Waals surface area contributed by atoms with Crippen LogP contribution in [0.1, 0.15) is 18.9 Å². The number of carbonyl (C=O) groups excluding carboxylic acids is 1. The molecule has 1 amide bonds. The van der Waals surface area contributed by atoms with Gasteiger partial charge in [-0.2, -0.15) is 0 Å². The summed E-state index contributed by atoms with van der Waals surface area (Å²) in [5, 5.41) is 6.00. The largest absolute Gasteiger partial charge is 0.355 e. The summed E-state index contributed by atoms with van der Waals surface area (Å²) < 4.78 is 1.65. The van der Waals surface area contributed by atoms with Crippen molar-refractivity contribution in [2.24, 2.45) is 0 Å². The number of benzene rings is 2. The molecule has 0 aliphatic carbocycles. The van der Waals surface area contributed by atoms with Crippen molar-refractivity contribution >= 4 is 39.2 Å². The number of para-hydroxylation sites is 1. The molecule has 0 bridgehead atoms. The first-order chi connectivity index (χ1) is 15.1. The number of aromatic nitrogens is 2. The van der Waals surface area contributed by atoms with Crippen LogP contribution in [0.5, 0.6) is 0 Å². The number of aryl methyl sites for hydroxylation is 1. The third-order valence-corrected chi connectivity index (χ3v) is 6.73. The van der Waals surface area contributed by atoms with Gasteiger partial charge in [0, 0.05) is 17.5 Å². The van der Waals surface area contributed by atoms with Crippen molar-refractivity contribution in [1.29, 1.82) is 0 Å². The maximum atomic E-state index is 13.8. The number of carbonyl (C=O) groups is 1. The third-order valence-electron chi connectivity index (χ3n) is 4.92. The van der Waals surface area contributed by atoms with Gasteiger partial charge in [0.15, 0.2) is 5.16 Å². The summed E-state index contributed by atoms with van der Waals surface area (Å²) in [6.45, 7) is 4.63. The van der Waals surface area contributed by atoms with Gasteiger partial charge in [-0.25, -0.2) is 4.98 Å². The van der Waals surface area contributed by atoms with Gasteiger partial charge in [0.25, 0.3) is 5.56 Å². The lowest BCUT2D eigenvalue weighted by Crippen LogP contribution is -2.27. The number of rotatable bonds is 7. The standard InChI is InChI=1S/C24H23N3O2S2/c1-3-13-25-20(28)15-31-24-26-22-21(18(14-30-22)17-10-5-4-6-11-17)23(29)27(24)19-12-8-7-9-16(19)2/h4-12,14H,3,13,15H2,1-2H3,(H,25,28). The molecule has 2 aromatic carbocycles. The van der Waals surface area contributed by atoms with Gasteiger partial charge in [-0.3, -0.25) is 14.2 Å². The van der Waals surface area contributed by atoms with Crippen molar-refractivity contribution < 1.29 is 4.79 Å². The normalized spacial score (nSPS) is 11.0. The molecule has 0 fully saturated rings. The SMILES string of the molecule is CCCNC(=O)CSc1nc2scc(-c3ccccc3)c2c(=O)n1-c1ccccc1C. The van der Waals surface area contributed by atoms with E-state index in [0.29, 0.717) is 21.9 Å². The van der Waals surface area contributed by atoms with Crippen LogP contribution in [0.4, 0.5) is 0 Å². The van der Waals surface area contributed by atoms with Crippen molar-refractivity contribution in [1.82, 2.24) is 14.9 Å². The van der Waals surface area contributed by atoms with Crippen LogP contribution in [0, 0.1) is 6.92 Å². The van der Waals surface area contributed by atoms with E-state index < -0.39 is 0 Å². The van der Waals surface area contributed by atoms with Crippen LogP contribution in [0.15, 0.2) is 69.9 Å². The third kappa shape index (κ3) is 4.43. The first-order valence-electron chi connectivity index (χ1n) is 10.1. The molecular formula is C24H23N3O2S2. The second kappa shape index (κ2) is 9.49. The molecule has 7 heteroatoms. The Bertz CT molecular complexity index is 1280. The summed E-state index contributed by atoms with van der Waals surface area (Å²) in [7, 11) is 0. The Morgan fingerprint density at radius 3 is 2.61 bits per heavy atom. The number of thiophene rings is 1. The molecule has 0 saturated heterocycles. The average Bonchev–Trinajstić information content (AvgIpc) is 3.22. The summed E-state index contributed by atoms with van der Waals surface area (Å²) in [6.07, 6.45) is 0.881. The van der Waals surface area contributed by atoms with E-state index in [1.54, 1.807) is 4.57 Å². The molecule has 0 spiro atoms. The summed E-state index contributed by atoms with van der Waals surface area (Å²) >= 11 is 2.74. The maximum Gasteiger partial charge on any atom is 0.268 e. The Labute approximate surface area is 189 Å². The Balaban J connectivity index is 1.87. The Morgan fingerprint density at radius 1 is 1.13 bits per heavy atom. The smallest absolute Gasteiger partial charge is 0.268 e. The lowest BCUT2D eigenvalue weighted by Gasteiger charge is -2.14. The number of nitrogens with zero attached hydrogens (tertiary/aromatic N) is 2. The quantitative estimate of drug-likeness (QED) is 0.317. The molecule has 0 aliphatic rings. The van der Waals surface area contributed by atoms with Gasteiger partial charge in [0.05, 0.1) is 16.8 Å². The minimum Gasteiger partial charge on any atom is -0.355 e. The highest BCUT2D eigenvalue weighted by Crippen LogP contribution is 2.33. The fourth-order valence-corrected chi connectivity index (χ4v) is 5.20. The lowest BCUT2D eigenvalue weighted by atomic mass is 10.1. The van der Waals surface area contributed by atoms with E-state index in [0.717, 1.165) is 28.8 Å². The minimum atomic E-state index is -0.115. The van der Waals surface area contributed by atoms with Crippen LogP contribution in [0.3, 0.4) is 0 Å². The van der Waals surface area contributed by atoms with E-state index >= 15 is 0 Å². The van der Waals surface area contributed by atoms with Crippen LogP contribution in [-0.2, 0) is 4.79 Å². The first kappa shape index (κ1) is 21.3. The number of hydrogen-bond acceptors (Lipinski definition) is 5. The topological polar surface area (TPSA) is 64.0 Å². The fraction of sp³-hybridized carbons (Fsp3) is 0.208. The molecular weight excluding hydrogens is 426 g/mol. The van der Waals surface area contributed by atoms with E-state index in [2.05, 4.69) is 5.32 Å².